The van der Waals surface area contributed by atoms with Crippen LogP contribution in [0.5, 0.6) is 0 Å². The maximum Gasteiger partial charge on any atom is 0.282 e. The zero-order valence-electron chi connectivity index (χ0n) is 15.5. The molecule has 0 atom stereocenters. The number of amides is 1. The van der Waals surface area contributed by atoms with Gasteiger partial charge in [-0.25, -0.2) is 0 Å². The van der Waals surface area contributed by atoms with Gasteiger partial charge in [-0.15, -0.1) is 0 Å². The summed E-state index contributed by atoms with van der Waals surface area (Å²) in [6.45, 7) is 3.39. The molecule has 0 bridgehead atoms. The van der Waals surface area contributed by atoms with Crippen LogP contribution in [0.25, 0.3) is 0 Å². The predicted octanol–water partition coefficient (Wildman–Crippen LogP) is 2.06. The first-order chi connectivity index (χ1) is 12.9. The third-order valence-corrected chi connectivity index (χ3v) is 6.53. The van der Waals surface area contributed by atoms with E-state index in [0.29, 0.717) is 32.6 Å². The van der Waals surface area contributed by atoms with Crippen molar-refractivity contribution in [1.29, 1.82) is 0 Å². The van der Waals surface area contributed by atoms with Crippen LogP contribution in [-0.4, -0.2) is 42.6 Å². The van der Waals surface area contributed by atoms with Crippen LogP contribution in [0.2, 0.25) is 0 Å². The summed E-state index contributed by atoms with van der Waals surface area (Å²) >= 11 is 0. The molecule has 1 saturated heterocycles. The predicted molar refractivity (Wildman–Crippen MR) is 105 cm³/mol. The number of aryl methyl sites for hydroxylation is 1. The van der Waals surface area contributed by atoms with Crippen LogP contribution in [-0.2, 0) is 28.1 Å². The Morgan fingerprint density at radius 3 is 2.33 bits per heavy atom. The van der Waals surface area contributed by atoms with Crippen molar-refractivity contribution in [2.45, 2.75) is 26.4 Å². The fraction of sp³-hybridized carbons (Fsp3) is 0.350. The van der Waals surface area contributed by atoms with Crippen molar-refractivity contribution >= 4 is 16.1 Å². The molecule has 0 unspecified atom stereocenters. The van der Waals surface area contributed by atoms with Crippen molar-refractivity contribution in [3.05, 3.63) is 71.3 Å². The Kier molecular flexibility index (Phi) is 6.26. The van der Waals surface area contributed by atoms with Gasteiger partial charge >= 0.3 is 0 Å². The normalized spacial score (nSPS) is 17.5. The lowest BCUT2D eigenvalue weighted by molar-refractivity contribution is -0.121. The lowest BCUT2D eigenvalue weighted by atomic mass is 10.1. The van der Waals surface area contributed by atoms with Crippen LogP contribution < -0.4 is 5.32 Å². The molecule has 6 nitrogen and oxygen atoms in total. The summed E-state index contributed by atoms with van der Waals surface area (Å²) in [5.41, 5.74) is 3.06. The van der Waals surface area contributed by atoms with E-state index in [1.165, 1.54) is 8.61 Å². The first-order valence-electron chi connectivity index (χ1n) is 9.06. The zero-order chi connectivity index (χ0) is 19.3. The summed E-state index contributed by atoms with van der Waals surface area (Å²) in [6.07, 6.45) is 0.705. The molecule has 1 fully saturated rings. The minimum atomic E-state index is -3.64. The number of nitrogens with one attached hydrogen (secondary N) is 1. The van der Waals surface area contributed by atoms with Crippen molar-refractivity contribution in [2.75, 3.05) is 19.6 Å². The van der Waals surface area contributed by atoms with Crippen molar-refractivity contribution in [1.82, 2.24) is 13.9 Å². The Hall–Kier alpha value is -2.22. The molecule has 7 heteroatoms. The van der Waals surface area contributed by atoms with E-state index >= 15 is 0 Å². The Labute approximate surface area is 161 Å². The van der Waals surface area contributed by atoms with E-state index in [9.17, 15) is 13.2 Å². The summed E-state index contributed by atoms with van der Waals surface area (Å²) in [7, 11) is -3.64. The van der Waals surface area contributed by atoms with E-state index in [0.717, 1.165) is 16.7 Å². The van der Waals surface area contributed by atoms with Crippen LogP contribution in [0.1, 0.15) is 23.1 Å². The molecule has 2 aromatic rings. The van der Waals surface area contributed by atoms with Crippen LogP contribution >= 0.6 is 0 Å². The number of carbonyl (C=O) groups is 1. The Balaban J connectivity index is 1.60. The zero-order valence-corrected chi connectivity index (χ0v) is 16.3. The minimum Gasteiger partial charge on any atom is -0.351 e. The average Bonchev–Trinajstić information content (AvgIpc) is 2.66. The molecule has 0 spiro atoms. The molecule has 1 aliphatic heterocycles. The molecule has 1 amide bonds. The molecule has 1 N–H and O–H groups in total. The lowest BCUT2D eigenvalue weighted by Crippen LogP contribution is -2.52. The SMILES string of the molecule is Cc1ccc(CN2CCCN(CC(=O)NCc3ccccc3)S2(=O)=O)cc1. The van der Waals surface area contributed by atoms with Crippen LogP contribution in [0.3, 0.4) is 0 Å². The standard InChI is InChI=1S/C20H25N3O3S/c1-17-8-10-19(11-9-17)15-22-12-5-13-23(27(22,25)26)16-20(24)21-14-18-6-3-2-4-7-18/h2-4,6-11H,5,12-16H2,1H3,(H,21,24). The van der Waals surface area contributed by atoms with E-state index in [1.807, 2.05) is 61.5 Å². The van der Waals surface area contributed by atoms with Gasteiger partial charge in [-0.2, -0.15) is 17.0 Å². The highest BCUT2D eigenvalue weighted by molar-refractivity contribution is 7.86. The van der Waals surface area contributed by atoms with Gasteiger partial charge < -0.3 is 5.32 Å². The fourth-order valence-corrected chi connectivity index (χ4v) is 4.69. The minimum absolute atomic E-state index is 0.153. The van der Waals surface area contributed by atoms with E-state index < -0.39 is 10.2 Å². The molecule has 0 aromatic heterocycles. The van der Waals surface area contributed by atoms with E-state index in [1.54, 1.807) is 0 Å². The number of benzene rings is 2. The van der Waals surface area contributed by atoms with Gasteiger partial charge in [-0.3, -0.25) is 4.79 Å². The highest BCUT2D eigenvalue weighted by atomic mass is 32.2. The molecule has 0 radical (unpaired) electrons. The van der Waals surface area contributed by atoms with E-state index in [-0.39, 0.29) is 12.5 Å². The summed E-state index contributed by atoms with van der Waals surface area (Å²) in [6, 6.07) is 17.4. The van der Waals surface area contributed by atoms with Crippen molar-refractivity contribution in [3.8, 4) is 0 Å². The molecular weight excluding hydrogens is 362 g/mol. The van der Waals surface area contributed by atoms with Crippen molar-refractivity contribution in [3.63, 3.8) is 0 Å². The highest BCUT2D eigenvalue weighted by Crippen LogP contribution is 2.19. The third kappa shape index (κ3) is 5.15. The van der Waals surface area contributed by atoms with Gasteiger partial charge in [-0.05, 0) is 24.5 Å². The Morgan fingerprint density at radius 2 is 1.63 bits per heavy atom. The number of rotatable bonds is 6. The second-order valence-electron chi connectivity index (χ2n) is 6.78. The monoisotopic (exact) mass is 387 g/mol. The lowest BCUT2D eigenvalue weighted by Gasteiger charge is -2.34. The smallest absolute Gasteiger partial charge is 0.282 e. The first kappa shape index (κ1) is 19.5. The molecule has 3 rings (SSSR count). The van der Waals surface area contributed by atoms with Crippen LogP contribution in [0, 0.1) is 6.92 Å². The van der Waals surface area contributed by atoms with Gasteiger partial charge in [0.25, 0.3) is 10.2 Å². The topological polar surface area (TPSA) is 69.7 Å². The summed E-state index contributed by atoms with van der Waals surface area (Å²) < 4.78 is 28.5. The van der Waals surface area contributed by atoms with Gasteiger partial charge in [0, 0.05) is 26.2 Å². The van der Waals surface area contributed by atoms with Gasteiger partial charge in [0.15, 0.2) is 0 Å². The number of hydrogen-bond acceptors (Lipinski definition) is 3. The summed E-state index contributed by atoms with van der Waals surface area (Å²) in [5, 5.41) is 2.79. The first-order valence-corrected chi connectivity index (χ1v) is 10.5. The van der Waals surface area contributed by atoms with E-state index in [4.69, 9.17) is 0 Å². The molecule has 144 valence electrons. The Morgan fingerprint density at radius 1 is 0.963 bits per heavy atom. The Bertz CT molecular complexity index is 867. The van der Waals surface area contributed by atoms with E-state index in [2.05, 4.69) is 5.32 Å². The average molecular weight is 388 g/mol. The third-order valence-electron chi connectivity index (χ3n) is 4.60. The fourth-order valence-electron chi connectivity index (χ4n) is 3.05. The molecule has 0 saturated carbocycles. The summed E-state index contributed by atoms with van der Waals surface area (Å²) in [4.78, 5) is 12.2. The highest BCUT2D eigenvalue weighted by Gasteiger charge is 2.34. The number of carbonyl (C=O) groups excluding carboxylic acids is 1. The summed E-state index contributed by atoms with van der Waals surface area (Å²) in [5.74, 6) is -0.292. The molecule has 0 aliphatic carbocycles. The quantitative estimate of drug-likeness (QED) is 0.825. The van der Waals surface area contributed by atoms with Gasteiger partial charge in [-0.1, -0.05) is 60.2 Å². The molecule has 1 aliphatic rings. The van der Waals surface area contributed by atoms with Crippen LogP contribution in [0.15, 0.2) is 54.6 Å². The number of hydrogen-bond donors (Lipinski definition) is 1. The molecule has 27 heavy (non-hydrogen) atoms. The largest absolute Gasteiger partial charge is 0.351 e. The molecular formula is C20H25N3O3S. The van der Waals surface area contributed by atoms with Gasteiger partial charge in [0.05, 0.1) is 6.54 Å². The second-order valence-corrected chi connectivity index (χ2v) is 8.70. The number of nitrogens with zero attached hydrogens (tertiary/aromatic N) is 2. The van der Waals surface area contributed by atoms with Crippen molar-refractivity contribution < 1.29 is 13.2 Å². The maximum absolute atomic E-state index is 12.9. The van der Waals surface area contributed by atoms with Gasteiger partial charge in [0.2, 0.25) is 5.91 Å². The second kappa shape index (κ2) is 8.65. The molecule has 2 aromatic carbocycles. The molecule has 1 heterocycles. The van der Waals surface area contributed by atoms with Crippen molar-refractivity contribution in [2.24, 2.45) is 0 Å². The van der Waals surface area contributed by atoms with Crippen LogP contribution in [0.4, 0.5) is 0 Å². The van der Waals surface area contributed by atoms with Gasteiger partial charge in [0.1, 0.15) is 0 Å². The maximum atomic E-state index is 12.9.